The van der Waals surface area contributed by atoms with Gasteiger partial charge < -0.3 is 4.90 Å². The molecule has 0 amide bonds. The zero-order chi connectivity index (χ0) is 11.2. The molecule has 0 aromatic heterocycles. The highest BCUT2D eigenvalue weighted by molar-refractivity contribution is 6.14. The zero-order valence-corrected chi connectivity index (χ0v) is 10.5. The Kier molecular flexibility index (Phi) is 2.64. The molecule has 0 aromatic rings. The Bertz CT molecular complexity index is 293. The molecule has 2 rings (SSSR count). The summed E-state index contributed by atoms with van der Waals surface area (Å²) in [5.74, 6) is 0.764. The lowest BCUT2D eigenvalue weighted by atomic mass is 9.64. The Labute approximate surface area is 95.3 Å². The van der Waals surface area contributed by atoms with Crippen molar-refractivity contribution in [2.45, 2.75) is 57.8 Å². The topological polar surface area (TPSA) is 3.24 Å². The van der Waals surface area contributed by atoms with Crippen LogP contribution in [0, 0.1) is 5.92 Å². The number of rotatable bonds is 0. The molecule has 0 aromatic carbocycles. The molecule has 2 aliphatic rings. The molecule has 1 heterocycles. The van der Waals surface area contributed by atoms with E-state index in [1.54, 1.807) is 5.57 Å². The number of allylic oxidation sites excluding steroid dienone is 1. The van der Waals surface area contributed by atoms with Gasteiger partial charge in [0, 0.05) is 24.7 Å². The number of nitrogens with zero attached hydrogens (tertiary/aromatic N) is 1. The van der Waals surface area contributed by atoms with E-state index in [0.717, 1.165) is 12.3 Å². The lowest BCUT2D eigenvalue weighted by Crippen LogP contribution is -2.32. The van der Waals surface area contributed by atoms with Crippen LogP contribution in [0.1, 0.15) is 46.5 Å². The van der Waals surface area contributed by atoms with E-state index in [1.165, 1.54) is 25.0 Å². The van der Waals surface area contributed by atoms with Gasteiger partial charge in [0.25, 0.3) is 0 Å². The van der Waals surface area contributed by atoms with Crippen LogP contribution in [0.15, 0.2) is 11.3 Å². The van der Waals surface area contributed by atoms with E-state index in [1.807, 2.05) is 0 Å². The molecule has 2 heteroatoms. The van der Waals surface area contributed by atoms with E-state index in [2.05, 4.69) is 32.7 Å². The second-order valence-electron chi connectivity index (χ2n) is 5.80. The largest absolute Gasteiger partial charge is 0.375 e. The molecule has 1 aliphatic heterocycles. The Morgan fingerprint density at radius 1 is 1.40 bits per heavy atom. The summed E-state index contributed by atoms with van der Waals surface area (Å²) in [5.41, 5.74) is 3.07. The molecule has 15 heavy (non-hydrogen) atoms. The van der Waals surface area contributed by atoms with Crippen LogP contribution in [0.25, 0.3) is 0 Å². The van der Waals surface area contributed by atoms with Gasteiger partial charge in [0.15, 0.2) is 0 Å². The van der Waals surface area contributed by atoms with E-state index in [-0.39, 0.29) is 5.31 Å². The predicted molar refractivity (Wildman–Crippen MR) is 66.0 cm³/mol. The first-order valence-corrected chi connectivity index (χ1v) is 6.11. The van der Waals surface area contributed by atoms with Crippen molar-refractivity contribution in [2.24, 2.45) is 5.92 Å². The average molecular weight is 203 g/mol. The molecule has 2 radical (unpaired) electrons. The molecule has 82 valence electrons. The van der Waals surface area contributed by atoms with Crippen LogP contribution in [0.3, 0.4) is 0 Å². The average Bonchev–Trinajstić information content (AvgIpc) is 2.35. The van der Waals surface area contributed by atoms with Gasteiger partial charge in [-0.2, -0.15) is 0 Å². The molecule has 0 saturated heterocycles. The Morgan fingerprint density at radius 3 is 2.73 bits per heavy atom. The fraction of sp³-hybridized carbons (Fsp3) is 0.846. The molecular formula is C13H22BN. The monoisotopic (exact) mass is 203 g/mol. The highest BCUT2D eigenvalue weighted by Gasteiger charge is 2.39. The zero-order valence-electron chi connectivity index (χ0n) is 10.5. The van der Waals surface area contributed by atoms with Crippen molar-refractivity contribution in [1.29, 1.82) is 0 Å². The lowest BCUT2D eigenvalue weighted by molar-refractivity contribution is 0.253. The van der Waals surface area contributed by atoms with Crippen LogP contribution >= 0.6 is 0 Å². The van der Waals surface area contributed by atoms with Crippen molar-refractivity contribution in [2.75, 3.05) is 7.05 Å². The Balaban J connectivity index is 2.25. The van der Waals surface area contributed by atoms with Crippen molar-refractivity contribution in [3.8, 4) is 0 Å². The molecule has 1 aliphatic carbocycles. The number of hydrogen-bond donors (Lipinski definition) is 0. The van der Waals surface area contributed by atoms with Gasteiger partial charge in [0.1, 0.15) is 0 Å². The van der Waals surface area contributed by atoms with Gasteiger partial charge in [-0.05, 0) is 32.3 Å². The van der Waals surface area contributed by atoms with E-state index >= 15 is 0 Å². The van der Waals surface area contributed by atoms with Crippen molar-refractivity contribution < 1.29 is 0 Å². The first-order valence-electron chi connectivity index (χ1n) is 6.11. The summed E-state index contributed by atoms with van der Waals surface area (Å²) in [4.78, 5) is 2.45. The summed E-state index contributed by atoms with van der Waals surface area (Å²) in [7, 11) is 8.57. The number of hydrogen-bond acceptors (Lipinski definition) is 1. The standard InChI is InChI=1S/C13H22BN/c1-9-10(2)15(4)12-8-13(3,14)7-5-6-11(9)12/h11-12H,5-8H2,1-4H3. The van der Waals surface area contributed by atoms with Crippen LogP contribution in [-0.2, 0) is 0 Å². The van der Waals surface area contributed by atoms with Crippen LogP contribution < -0.4 is 0 Å². The molecule has 1 nitrogen and oxygen atoms in total. The van der Waals surface area contributed by atoms with Gasteiger partial charge in [-0.3, -0.25) is 0 Å². The minimum Gasteiger partial charge on any atom is -0.375 e. The summed E-state index contributed by atoms with van der Waals surface area (Å²) < 4.78 is 0. The van der Waals surface area contributed by atoms with E-state index in [9.17, 15) is 0 Å². The van der Waals surface area contributed by atoms with Crippen molar-refractivity contribution in [1.82, 2.24) is 4.90 Å². The molecule has 3 atom stereocenters. The SMILES string of the molecule is [B]C1(C)CCCC2C(C)=C(C)N(C)C2C1. The normalized spacial score (nSPS) is 41.7. The van der Waals surface area contributed by atoms with Crippen LogP contribution in [0.4, 0.5) is 0 Å². The second-order valence-corrected chi connectivity index (χ2v) is 5.80. The van der Waals surface area contributed by atoms with Gasteiger partial charge in [0.05, 0.1) is 7.85 Å². The summed E-state index contributed by atoms with van der Waals surface area (Å²) in [5, 5.41) is 0.0403. The van der Waals surface area contributed by atoms with Gasteiger partial charge in [0.2, 0.25) is 0 Å². The summed E-state index contributed by atoms with van der Waals surface area (Å²) in [6, 6.07) is 0.655. The third-order valence-electron chi connectivity index (χ3n) is 4.56. The highest BCUT2D eigenvalue weighted by atomic mass is 15.2. The fourth-order valence-corrected chi connectivity index (χ4v) is 3.35. The minimum atomic E-state index is 0.0403. The molecule has 0 N–H and O–H groups in total. The number of fused-ring (bicyclic) bond motifs is 1. The van der Waals surface area contributed by atoms with Crippen LogP contribution in [0.2, 0.25) is 5.31 Å². The highest BCUT2D eigenvalue weighted by Crippen LogP contribution is 2.47. The van der Waals surface area contributed by atoms with Gasteiger partial charge in [-0.15, -0.1) is 0 Å². The van der Waals surface area contributed by atoms with E-state index < -0.39 is 0 Å². The fourth-order valence-electron chi connectivity index (χ4n) is 3.35. The first kappa shape index (κ1) is 11.1. The van der Waals surface area contributed by atoms with Crippen LogP contribution in [-0.4, -0.2) is 25.8 Å². The van der Waals surface area contributed by atoms with Gasteiger partial charge in [-0.25, -0.2) is 0 Å². The molecular weight excluding hydrogens is 181 g/mol. The maximum absolute atomic E-state index is 6.34. The molecule has 1 saturated carbocycles. The van der Waals surface area contributed by atoms with Crippen molar-refractivity contribution in [3.05, 3.63) is 11.3 Å². The maximum atomic E-state index is 6.34. The third kappa shape index (κ3) is 1.83. The molecule has 1 fully saturated rings. The smallest absolute Gasteiger partial charge is 0.0743 e. The first-order chi connectivity index (χ1) is 6.92. The summed E-state index contributed by atoms with van der Waals surface area (Å²) in [6.45, 7) is 6.76. The van der Waals surface area contributed by atoms with E-state index in [4.69, 9.17) is 7.85 Å². The summed E-state index contributed by atoms with van der Waals surface area (Å²) in [6.07, 6.45) is 4.93. The Hall–Kier alpha value is -0.395. The van der Waals surface area contributed by atoms with Gasteiger partial charge >= 0.3 is 0 Å². The van der Waals surface area contributed by atoms with Gasteiger partial charge in [-0.1, -0.05) is 25.1 Å². The second kappa shape index (κ2) is 3.57. The molecule has 0 bridgehead atoms. The van der Waals surface area contributed by atoms with Crippen molar-refractivity contribution in [3.63, 3.8) is 0 Å². The summed E-state index contributed by atoms with van der Waals surface area (Å²) >= 11 is 0. The predicted octanol–water partition coefficient (Wildman–Crippen LogP) is 3.13. The van der Waals surface area contributed by atoms with E-state index in [0.29, 0.717) is 6.04 Å². The Morgan fingerprint density at radius 2 is 2.07 bits per heavy atom. The molecule has 3 unspecified atom stereocenters. The molecule has 0 spiro atoms. The lowest BCUT2D eigenvalue weighted by Gasteiger charge is -2.33. The van der Waals surface area contributed by atoms with Crippen LogP contribution in [0.5, 0.6) is 0 Å². The quantitative estimate of drug-likeness (QED) is 0.546. The third-order valence-corrected chi connectivity index (χ3v) is 4.56. The maximum Gasteiger partial charge on any atom is 0.0743 e. The van der Waals surface area contributed by atoms with Crippen molar-refractivity contribution >= 4 is 7.85 Å². The minimum absolute atomic E-state index is 0.0403.